The number of para-hydroxylation sites is 2. The molecule has 0 aliphatic rings. The number of benzene rings is 2. The SMILES string of the molecule is Cc1nc([C@@H](Cc2c[nH]c3ccccc23)NC(=O)[C@@H](C)Oc2ccccc2F)cc(=O)[nH]1. The number of carbonyl (C=O) groups is 1. The fourth-order valence-electron chi connectivity index (χ4n) is 3.60. The van der Waals surface area contributed by atoms with Crippen LogP contribution in [0.2, 0.25) is 0 Å². The van der Waals surface area contributed by atoms with E-state index in [9.17, 15) is 14.0 Å². The normalized spacial score (nSPS) is 13.0. The molecule has 4 rings (SSSR count). The van der Waals surface area contributed by atoms with Crippen molar-refractivity contribution in [3.05, 3.63) is 94.0 Å². The van der Waals surface area contributed by atoms with Crippen molar-refractivity contribution < 1.29 is 13.9 Å². The number of hydrogen-bond acceptors (Lipinski definition) is 4. The minimum absolute atomic E-state index is 0.00606. The van der Waals surface area contributed by atoms with Gasteiger partial charge in [0, 0.05) is 29.6 Å². The zero-order valence-corrected chi connectivity index (χ0v) is 17.7. The molecular weight excluding hydrogens is 411 g/mol. The molecule has 1 amide bonds. The molecule has 0 aliphatic heterocycles. The van der Waals surface area contributed by atoms with E-state index in [2.05, 4.69) is 20.3 Å². The number of aromatic amines is 2. The topological polar surface area (TPSA) is 99.9 Å². The molecule has 0 spiro atoms. The Kier molecular flexibility index (Phi) is 6.02. The minimum atomic E-state index is -0.958. The maximum atomic E-state index is 13.9. The monoisotopic (exact) mass is 434 g/mol. The van der Waals surface area contributed by atoms with E-state index in [1.807, 2.05) is 30.5 Å². The predicted molar refractivity (Wildman–Crippen MR) is 119 cm³/mol. The highest BCUT2D eigenvalue weighted by atomic mass is 19.1. The van der Waals surface area contributed by atoms with Crippen LogP contribution in [-0.4, -0.2) is 27.0 Å². The van der Waals surface area contributed by atoms with Crippen LogP contribution >= 0.6 is 0 Å². The summed E-state index contributed by atoms with van der Waals surface area (Å²) >= 11 is 0. The molecule has 2 aromatic carbocycles. The summed E-state index contributed by atoms with van der Waals surface area (Å²) in [5, 5.41) is 3.93. The van der Waals surface area contributed by atoms with E-state index in [1.54, 1.807) is 26.0 Å². The number of aryl methyl sites for hydroxylation is 1. The van der Waals surface area contributed by atoms with Gasteiger partial charge in [0.25, 0.3) is 11.5 Å². The zero-order chi connectivity index (χ0) is 22.7. The lowest BCUT2D eigenvalue weighted by Gasteiger charge is -2.21. The number of ether oxygens (including phenoxy) is 1. The van der Waals surface area contributed by atoms with Crippen molar-refractivity contribution >= 4 is 16.8 Å². The quantitative estimate of drug-likeness (QED) is 0.414. The van der Waals surface area contributed by atoms with Gasteiger partial charge in [0.05, 0.1) is 11.7 Å². The van der Waals surface area contributed by atoms with E-state index in [4.69, 9.17) is 4.74 Å². The van der Waals surface area contributed by atoms with E-state index in [1.165, 1.54) is 18.2 Å². The number of nitrogens with zero attached hydrogens (tertiary/aromatic N) is 1. The van der Waals surface area contributed by atoms with Crippen LogP contribution in [0.15, 0.2) is 65.6 Å². The Morgan fingerprint density at radius 1 is 1.19 bits per heavy atom. The Labute approximate surface area is 183 Å². The molecule has 0 unspecified atom stereocenters. The van der Waals surface area contributed by atoms with Crippen molar-refractivity contribution in [2.45, 2.75) is 32.4 Å². The summed E-state index contributed by atoms with van der Waals surface area (Å²) in [6.07, 6.45) is 1.32. The molecule has 0 saturated heterocycles. The number of carbonyl (C=O) groups excluding carboxylic acids is 1. The zero-order valence-electron chi connectivity index (χ0n) is 17.7. The Hall–Kier alpha value is -3.94. The van der Waals surface area contributed by atoms with Crippen molar-refractivity contribution in [2.75, 3.05) is 0 Å². The van der Waals surface area contributed by atoms with Crippen LogP contribution in [0.4, 0.5) is 4.39 Å². The molecule has 0 radical (unpaired) electrons. The molecule has 0 saturated carbocycles. The Morgan fingerprint density at radius 2 is 1.94 bits per heavy atom. The number of aromatic nitrogens is 3. The van der Waals surface area contributed by atoms with Gasteiger partial charge >= 0.3 is 0 Å². The van der Waals surface area contributed by atoms with Gasteiger partial charge in [0.2, 0.25) is 0 Å². The number of rotatable bonds is 7. The van der Waals surface area contributed by atoms with E-state index >= 15 is 0 Å². The number of nitrogens with one attached hydrogen (secondary N) is 3. The predicted octanol–water partition coefficient (Wildman–Crippen LogP) is 3.57. The van der Waals surface area contributed by atoms with Gasteiger partial charge in [-0.05, 0) is 37.6 Å². The third kappa shape index (κ3) is 4.69. The summed E-state index contributed by atoms with van der Waals surface area (Å²) in [7, 11) is 0. The first-order valence-corrected chi connectivity index (χ1v) is 10.2. The van der Waals surface area contributed by atoms with Crippen LogP contribution in [-0.2, 0) is 11.2 Å². The van der Waals surface area contributed by atoms with E-state index < -0.39 is 23.9 Å². The minimum Gasteiger partial charge on any atom is -0.478 e. The van der Waals surface area contributed by atoms with E-state index in [-0.39, 0.29) is 11.3 Å². The Morgan fingerprint density at radius 3 is 2.72 bits per heavy atom. The average Bonchev–Trinajstić information content (AvgIpc) is 3.17. The molecule has 8 heteroatoms. The standard InChI is InChI=1S/C24H23FN4O3/c1-14(32-22-10-6-4-8-18(22)25)24(31)29-20(21-12-23(30)28-15(2)27-21)11-16-13-26-19-9-5-3-7-17(16)19/h3-10,12-14,20,26H,11H2,1-2H3,(H,29,31)(H,27,28,30)/t14-,20-/m1/s1. The summed E-state index contributed by atoms with van der Waals surface area (Å²) in [5.74, 6) is -0.554. The molecule has 3 N–H and O–H groups in total. The summed E-state index contributed by atoms with van der Waals surface area (Å²) in [5.41, 5.74) is 2.07. The first-order chi connectivity index (χ1) is 15.4. The highest BCUT2D eigenvalue weighted by Crippen LogP contribution is 2.24. The summed E-state index contributed by atoms with van der Waals surface area (Å²) < 4.78 is 19.4. The average molecular weight is 434 g/mol. The van der Waals surface area contributed by atoms with Gasteiger partial charge in [-0.2, -0.15) is 0 Å². The highest BCUT2D eigenvalue weighted by molar-refractivity contribution is 5.84. The third-order valence-electron chi connectivity index (χ3n) is 5.16. The lowest BCUT2D eigenvalue weighted by molar-refractivity contribution is -0.128. The summed E-state index contributed by atoms with van der Waals surface area (Å²) in [6, 6.07) is 14.5. The van der Waals surface area contributed by atoms with Gasteiger partial charge in [0.15, 0.2) is 17.7 Å². The Balaban J connectivity index is 1.60. The fourth-order valence-corrected chi connectivity index (χ4v) is 3.60. The Bertz CT molecular complexity index is 1310. The van der Waals surface area contributed by atoms with Crippen molar-refractivity contribution in [3.8, 4) is 5.75 Å². The maximum absolute atomic E-state index is 13.9. The van der Waals surface area contributed by atoms with Gasteiger partial charge in [0.1, 0.15) is 5.82 Å². The molecular formula is C24H23FN4O3. The van der Waals surface area contributed by atoms with Gasteiger partial charge < -0.3 is 20.0 Å². The lowest BCUT2D eigenvalue weighted by atomic mass is 10.0. The largest absolute Gasteiger partial charge is 0.478 e. The van der Waals surface area contributed by atoms with Crippen LogP contribution in [0, 0.1) is 12.7 Å². The second-order valence-electron chi connectivity index (χ2n) is 7.57. The van der Waals surface area contributed by atoms with Crippen LogP contribution in [0.5, 0.6) is 5.75 Å². The molecule has 7 nitrogen and oxygen atoms in total. The second kappa shape index (κ2) is 9.05. The van der Waals surface area contributed by atoms with Crippen molar-refractivity contribution in [1.82, 2.24) is 20.3 Å². The summed E-state index contributed by atoms with van der Waals surface area (Å²) in [4.78, 5) is 35.2. The lowest BCUT2D eigenvalue weighted by Crippen LogP contribution is -2.40. The molecule has 0 aliphatic carbocycles. The highest BCUT2D eigenvalue weighted by Gasteiger charge is 2.24. The van der Waals surface area contributed by atoms with Crippen LogP contribution < -0.4 is 15.6 Å². The smallest absolute Gasteiger partial charge is 0.261 e. The van der Waals surface area contributed by atoms with Crippen molar-refractivity contribution in [3.63, 3.8) is 0 Å². The van der Waals surface area contributed by atoms with Crippen LogP contribution in [0.25, 0.3) is 10.9 Å². The van der Waals surface area contributed by atoms with E-state index in [0.717, 1.165) is 16.5 Å². The first kappa shape index (κ1) is 21.3. The fraction of sp³-hybridized carbons (Fsp3) is 0.208. The second-order valence-corrected chi connectivity index (χ2v) is 7.57. The summed E-state index contributed by atoms with van der Waals surface area (Å²) in [6.45, 7) is 3.22. The number of amides is 1. The van der Waals surface area contributed by atoms with Crippen molar-refractivity contribution in [1.29, 1.82) is 0 Å². The van der Waals surface area contributed by atoms with Crippen LogP contribution in [0.1, 0.15) is 30.0 Å². The van der Waals surface area contributed by atoms with E-state index in [0.29, 0.717) is 17.9 Å². The molecule has 32 heavy (non-hydrogen) atoms. The van der Waals surface area contributed by atoms with Gasteiger partial charge in [-0.15, -0.1) is 0 Å². The van der Waals surface area contributed by atoms with Gasteiger partial charge in [-0.3, -0.25) is 9.59 Å². The third-order valence-corrected chi connectivity index (χ3v) is 5.16. The molecule has 2 atom stereocenters. The molecule has 2 heterocycles. The first-order valence-electron chi connectivity index (χ1n) is 10.2. The van der Waals surface area contributed by atoms with Gasteiger partial charge in [-0.1, -0.05) is 30.3 Å². The van der Waals surface area contributed by atoms with Crippen LogP contribution in [0.3, 0.4) is 0 Å². The molecule has 2 aromatic heterocycles. The number of fused-ring (bicyclic) bond motifs is 1. The number of halogens is 1. The maximum Gasteiger partial charge on any atom is 0.261 e. The van der Waals surface area contributed by atoms with Crippen molar-refractivity contribution in [2.24, 2.45) is 0 Å². The van der Waals surface area contributed by atoms with Gasteiger partial charge in [-0.25, -0.2) is 9.37 Å². The molecule has 0 fully saturated rings. The number of H-pyrrole nitrogens is 2. The number of hydrogen-bond donors (Lipinski definition) is 3. The molecule has 0 bridgehead atoms. The molecule has 164 valence electrons. The molecule has 4 aromatic rings.